The van der Waals surface area contributed by atoms with Crippen LogP contribution < -0.4 is 0 Å². The molecule has 0 aromatic carbocycles. The highest BCUT2D eigenvalue weighted by Crippen LogP contribution is 2.21. The highest BCUT2D eigenvalue weighted by atomic mass is 16.6. The van der Waals surface area contributed by atoms with Crippen molar-refractivity contribution in [2.75, 3.05) is 6.61 Å². The summed E-state index contributed by atoms with van der Waals surface area (Å²) in [6.45, 7) is 13.1. The Morgan fingerprint density at radius 3 is 2.25 bits per heavy atom. The molecule has 4 heteroatoms. The minimum Gasteiger partial charge on any atom is -0.460 e. The zero-order valence-electron chi connectivity index (χ0n) is 13.5. The fourth-order valence-corrected chi connectivity index (χ4v) is 1.70. The Morgan fingerprint density at radius 2 is 1.80 bits per heavy atom. The largest absolute Gasteiger partial charge is 0.460 e. The molecule has 1 unspecified atom stereocenters. The standard InChI is InChI=1S/C16H28O4/c1-7-10-14(18)20-15(4,5)11-12-19-16(6,9-3)13(17)8-2/h8H,2,7,9-12H2,1,3-6H3. The average Bonchev–Trinajstić information content (AvgIpc) is 2.36. The van der Waals surface area contributed by atoms with Gasteiger partial charge in [0, 0.05) is 12.8 Å². The van der Waals surface area contributed by atoms with Crippen molar-refractivity contribution in [2.24, 2.45) is 0 Å². The smallest absolute Gasteiger partial charge is 0.306 e. The van der Waals surface area contributed by atoms with Crippen LogP contribution >= 0.6 is 0 Å². The first kappa shape index (κ1) is 18.8. The van der Waals surface area contributed by atoms with Crippen molar-refractivity contribution in [3.63, 3.8) is 0 Å². The van der Waals surface area contributed by atoms with E-state index < -0.39 is 11.2 Å². The van der Waals surface area contributed by atoms with Crippen molar-refractivity contribution in [3.05, 3.63) is 12.7 Å². The van der Waals surface area contributed by atoms with E-state index in [-0.39, 0.29) is 11.8 Å². The molecule has 0 bridgehead atoms. The first-order valence-corrected chi connectivity index (χ1v) is 7.23. The average molecular weight is 284 g/mol. The Kier molecular flexibility index (Phi) is 7.72. The van der Waals surface area contributed by atoms with Gasteiger partial charge in [-0.2, -0.15) is 0 Å². The molecule has 0 spiro atoms. The quantitative estimate of drug-likeness (QED) is 0.455. The lowest BCUT2D eigenvalue weighted by Gasteiger charge is -2.29. The first-order chi connectivity index (χ1) is 9.20. The number of carbonyl (C=O) groups is 2. The topological polar surface area (TPSA) is 52.6 Å². The summed E-state index contributed by atoms with van der Waals surface area (Å²) in [6.07, 6.45) is 3.60. The van der Waals surface area contributed by atoms with Gasteiger partial charge >= 0.3 is 5.97 Å². The second-order valence-electron chi connectivity index (χ2n) is 5.74. The summed E-state index contributed by atoms with van der Waals surface area (Å²) in [5, 5.41) is 0. The molecule has 0 aliphatic heterocycles. The van der Waals surface area contributed by atoms with Gasteiger partial charge in [-0.15, -0.1) is 0 Å². The van der Waals surface area contributed by atoms with Gasteiger partial charge in [-0.25, -0.2) is 0 Å². The highest BCUT2D eigenvalue weighted by Gasteiger charge is 2.31. The number of hydrogen-bond donors (Lipinski definition) is 0. The predicted molar refractivity (Wildman–Crippen MR) is 79.5 cm³/mol. The van der Waals surface area contributed by atoms with E-state index in [1.165, 1.54) is 6.08 Å². The van der Waals surface area contributed by atoms with Crippen molar-refractivity contribution >= 4 is 11.8 Å². The Hall–Kier alpha value is -1.16. The summed E-state index contributed by atoms with van der Waals surface area (Å²) >= 11 is 0. The SMILES string of the molecule is C=CC(=O)C(C)(CC)OCCC(C)(C)OC(=O)CCC. The molecule has 116 valence electrons. The summed E-state index contributed by atoms with van der Waals surface area (Å²) < 4.78 is 11.1. The molecule has 0 radical (unpaired) electrons. The molecular weight excluding hydrogens is 256 g/mol. The second kappa shape index (κ2) is 8.20. The van der Waals surface area contributed by atoms with Gasteiger partial charge in [-0.3, -0.25) is 9.59 Å². The highest BCUT2D eigenvalue weighted by molar-refractivity contribution is 5.96. The van der Waals surface area contributed by atoms with Gasteiger partial charge in [0.05, 0.1) is 6.61 Å². The van der Waals surface area contributed by atoms with Gasteiger partial charge < -0.3 is 9.47 Å². The van der Waals surface area contributed by atoms with Crippen molar-refractivity contribution in [1.82, 2.24) is 0 Å². The molecule has 20 heavy (non-hydrogen) atoms. The summed E-state index contributed by atoms with van der Waals surface area (Å²) in [7, 11) is 0. The fraction of sp³-hybridized carbons (Fsp3) is 0.750. The molecule has 0 aliphatic rings. The zero-order chi connectivity index (χ0) is 15.8. The van der Waals surface area contributed by atoms with Crippen LogP contribution in [0.15, 0.2) is 12.7 Å². The van der Waals surface area contributed by atoms with E-state index in [1.807, 2.05) is 27.7 Å². The van der Waals surface area contributed by atoms with Crippen LogP contribution in [0.2, 0.25) is 0 Å². The van der Waals surface area contributed by atoms with Crippen LogP contribution in [0.25, 0.3) is 0 Å². The molecule has 0 aliphatic carbocycles. The summed E-state index contributed by atoms with van der Waals surface area (Å²) in [5.74, 6) is -0.321. The molecule has 0 heterocycles. The van der Waals surface area contributed by atoms with Crippen LogP contribution in [0.1, 0.15) is 60.3 Å². The maximum atomic E-state index is 11.8. The molecule has 0 rings (SSSR count). The van der Waals surface area contributed by atoms with Crippen LogP contribution in [0.4, 0.5) is 0 Å². The summed E-state index contributed by atoms with van der Waals surface area (Å²) in [5.41, 5.74) is -1.43. The molecule has 0 aromatic rings. The third kappa shape index (κ3) is 6.33. The number of hydrogen-bond acceptors (Lipinski definition) is 4. The number of ether oxygens (including phenoxy) is 2. The van der Waals surface area contributed by atoms with Crippen molar-refractivity contribution < 1.29 is 19.1 Å². The van der Waals surface area contributed by atoms with Gasteiger partial charge in [-0.05, 0) is 39.7 Å². The van der Waals surface area contributed by atoms with E-state index in [2.05, 4.69) is 6.58 Å². The van der Waals surface area contributed by atoms with E-state index in [1.54, 1.807) is 6.92 Å². The Bertz CT molecular complexity index is 346. The fourth-order valence-electron chi connectivity index (χ4n) is 1.70. The van der Waals surface area contributed by atoms with E-state index >= 15 is 0 Å². The lowest BCUT2D eigenvalue weighted by Crippen LogP contribution is -2.38. The van der Waals surface area contributed by atoms with Crippen LogP contribution in [0, 0.1) is 0 Å². The van der Waals surface area contributed by atoms with E-state index in [0.717, 1.165) is 6.42 Å². The monoisotopic (exact) mass is 284 g/mol. The van der Waals surface area contributed by atoms with Gasteiger partial charge in [0.15, 0.2) is 5.78 Å². The third-order valence-corrected chi connectivity index (χ3v) is 3.35. The molecule has 0 aromatic heterocycles. The molecule has 4 nitrogen and oxygen atoms in total. The van der Waals surface area contributed by atoms with Crippen LogP contribution in [-0.2, 0) is 19.1 Å². The number of carbonyl (C=O) groups excluding carboxylic acids is 2. The molecule has 0 saturated carbocycles. The van der Waals surface area contributed by atoms with Gasteiger partial charge in [0.1, 0.15) is 11.2 Å². The maximum absolute atomic E-state index is 11.8. The van der Waals surface area contributed by atoms with Gasteiger partial charge in [-0.1, -0.05) is 20.4 Å². The summed E-state index contributed by atoms with van der Waals surface area (Å²) in [6, 6.07) is 0. The van der Waals surface area contributed by atoms with Gasteiger partial charge in [0.25, 0.3) is 0 Å². The third-order valence-electron chi connectivity index (χ3n) is 3.35. The molecule has 0 amide bonds. The number of ketones is 1. The van der Waals surface area contributed by atoms with Crippen LogP contribution in [0.5, 0.6) is 0 Å². The Balaban J connectivity index is 4.36. The summed E-state index contributed by atoms with van der Waals surface area (Å²) in [4.78, 5) is 23.3. The van der Waals surface area contributed by atoms with Crippen molar-refractivity contribution in [3.8, 4) is 0 Å². The lowest BCUT2D eigenvalue weighted by atomic mass is 9.97. The number of esters is 1. The van der Waals surface area contributed by atoms with E-state index in [4.69, 9.17) is 9.47 Å². The lowest BCUT2D eigenvalue weighted by molar-refractivity contribution is -0.160. The van der Waals surface area contributed by atoms with E-state index in [0.29, 0.717) is 25.9 Å². The molecule has 0 N–H and O–H groups in total. The van der Waals surface area contributed by atoms with Crippen LogP contribution in [0.3, 0.4) is 0 Å². The Morgan fingerprint density at radius 1 is 1.20 bits per heavy atom. The van der Waals surface area contributed by atoms with Crippen molar-refractivity contribution in [1.29, 1.82) is 0 Å². The first-order valence-electron chi connectivity index (χ1n) is 7.23. The predicted octanol–water partition coefficient (Wildman–Crippen LogP) is 3.44. The molecule has 0 saturated heterocycles. The van der Waals surface area contributed by atoms with Gasteiger partial charge in [0.2, 0.25) is 0 Å². The molecular formula is C16H28O4. The van der Waals surface area contributed by atoms with Crippen LogP contribution in [-0.4, -0.2) is 29.6 Å². The minimum absolute atomic E-state index is 0.124. The normalized spacial score (nSPS) is 14.4. The molecule has 1 atom stereocenters. The zero-order valence-corrected chi connectivity index (χ0v) is 13.5. The van der Waals surface area contributed by atoms with E-state index in [9.17, 15) is 9.59 Å². The Labute approximate surface area is 122 Å². The second-order valence-corrected chi connectivity index (χ2v) is 5.74. The van der Waals surface area contributed by atoms with Crippen molar-refractivity contribution in [2.45, 2.75) is 71.5 Å². The minimum atomic E-state index is -0.842. The molecule has 0 fully saturated rings. The number of rotatable bonds is 10. The maximum Gasteiger partial charge on any atom is 0.306 e.